The van der Waals surface area contributed by atoms with Crippen LogP contribution in [0.15, 0.2) is 47.4 Å². The van der Waals surface area contributed by atoms with E-state index in [1.165, 1.54) is 19.2 Å². The Morgan fingerprint density at radius 1 is 0.958 bits per heavy atom. The highest BCUT2D eigenvalue weighted by molar-refractivity contribution is 7.92. The van der Waals surface area contributed by atoms with Crippen molar-refractivity contribution >= 4 is 15.7 Å². The first-order valence-electron chi connectivity index (χ1n) is 7.56. The molecule has 2 aromatic rings. The second-order valence-electron chi connectivity index (χ2n) is 4.81. The lowest BCUT2D eigenvalue weighted by atomic mass is 10.3. The molecule has 0 saturated heterocycles. The standard InChI is InChI=1S/C17H21NO5S/c1-4-22-16-10-9-15(12-17(16)23-5-2)24(19,20)18-13-7-6-8-14(11-13)21-3/h6-12,18H,4-5H2,1-3H3. The predicted octanol–water partition coefficient (Wildman–Crippen LogP) is 3.29. The molecule has 0 radical (unpaired) electrons. The molecule has 0 fully saturated rings. The number of hydrogen-bond acceptors (Lipinski definition) is 5. The molecule has 0 bridgehead atoms. The van der Waals surface area contributed by atoms with Gasteiger partial charge in [-0.1, -0.05) is 6.07 Å². The fourth-order valence-corrected chi connectivity index (χ4v) is 3.16. The zero-order valence-electron chi connectivity index (χ0n) is 13.9. The monoisotopic (exact) mass is 351 g/mol. The highest BCUT2D eigenvalue weighted by Crippen LogP contribution is 2.31. The predicted molar refractivity (Wildman–Crippen MR) is 92.6 cm³/mol. The van der Waals surface area contributed by atoms with Gasteiger partial charge in [0.05, 0.1) is 30.9 Å². The minimum absolute atomic E-state index is 0.0947. The first kappa shape index (κ1) is 17.9. The number of benzene rings is 2. The van der Waals surface area contributed by atoms with Gasteiger partial charge in [0.15, 0.2) is 11.5 Å². The molecule has 1 N–H and O–H groups in total. The summed E-state index contributed by atoms with van der Waals surface area (Å²) >= 11 is 0. The molecule has 130 valence electrons. The van der Waals surface area contributed by atoms with Gasteiger partial charge < -0.3 is 14.2 Å². The SMILES string of the molecule is CCOc1ccc(S(=O)(=O)Nc2cccc(OC)c2)cc1OCC. The van der Waals surface area contributed by atoms with Crippen LogP contribution in [0.2, 0.25) is 0 Å². The number of ether oxygens (including phenoxy) is 3. The summed E-state index contributed by atoms with van der Waals surface area (Å²) in [6.07, 6.45) is 0. The Morgan fingerprint density at radius 2 is 1.67 bits per heavy atom. The Labute approximate surface area is 142 Å². The molecule has 0 atom stereocenters. The van der Waals surface area contributed by atoms with Crippen LogP contribution in [0.4, 0.5) is 5.69 Å². The zero-order valence-corrected chi connectivity index (χ0v) is 14.7. The van der Waals surface area contributed by atoms with Crippen LogP contribution < -0.4 is 18.9 Å². The van der Waals surface area contributed by atoms with Crippen molar-refractivity contribution in [1.29, 1.82) is 0 Å². The molecule has 0 aliphatic rings. The molecule has 24 heavy (non-hydrogen) atoms. The fraction of sp³-hybridized carbons (Fsp3) is 0.294. The summed E-state index contributed by atoms with van der Waals surface area (Å²) in [5, 5.41) is 0. The van der Waals surface area contributed by atoms with Crippen molar-refractivity contribution < 1.29 is 22.6 Å². The Hall–Kier alpha value is -2.41. The first-order chi connectivity index (χ1) is 11.5. The number of methoxy groups -OCH3 is 1. The summed E-state index contributed by atoms with van der Waals surface area (Å²) in [4.78, 5) is 0.0947. The van der Waals surface area contributed by atoms with Crippen molar-refractivity contribution in [2.45, 2.75) is 18.7 Å². The average molecular weight is 351 g/mol. The largest absolute Gasteiger partial charge is 0.497 e. The smallest absolute Gasteiger partial charge is 0.262 e. The van der Waals surface area contributed by atoms with Gasteiger partial charge in [0.25, 0.3) is 10.0 Å². The van der Waals surface area contributed by atoms with E-state index in [4.69, 9.17) is 14.2 Å². The van der Waals surface area contributed by atoms with Gasteiger partial charge in [0, 0.05) is 12.1 Å². The van der Waals surface area contributed by atoms with Crippen LogP contribution in [0.25, 0.3) is 0 Å². The van der Waals surface area contributed by atoms with Gasteiger partial charge in [-0.3, -0.25) is 4.72 Å². The third kappa shape index (κ3) is 4.32. The lowest BCUT2D eigenvalue weighted by Crippen LogP contribution is -2.13. The normalized spacial score (nSPS) is 11.0. The molecule has 2 aromatic carbocycles. The molecule has 0 aromatic heterocycles. The van der Waals surface area contributed by atoms with E-state index in [0.717, 1.165) is 0 Å². The van der Waals surface area contributed by atoms with Crippen LogP contribution in [0.3, 0.4) is 0 Å². The highest BCUT2D eigenvalue weighted by atomic mass is 32.2. The van der Waals surface area contributed by atoms with Gasteiger partial charge in [-0.05, 0) is 38.1 Å². The van der Waals surface area contributed by atoms with Crippen LogP contribution in [0.5, 0.6) is 17.2 Å². The van der Waals surface area contributed by atoms with Crippen LogP contribution in [0, 0.1) is 0 Å². The average Bonchev–Trinajstić information content (AvgIpc) is 2.56. The van der Waals surface area contributed by atoms with E-state index in [-0.39, 0.29) is 4.90 Å². The van der Waals surface area contributed by atoms with E-state index in [0.29, 0.717) is 36.1 Å². The highest BCUT2D eigenvalue weighted by Gasteiger charge is 2.18. The van der Waals surface area contributed by atoms with Crippen LogP contribution in [-0.2, 0) is 10.0 Å². The summed E-state index contributed by atoms with van der Waals surface area (Å²) < 4.78 is 43.7. The topological polar surface area (TPSA) is 73.9 Å². The number of anilines is 1. The maximum absolute atomic E-state index is 12.6. The number of rotatable bonds is 8. The molecular weight excluding hydrogens is 330 g/mol. The van der Waals surface area contributed by atoms with Gasteiger partial charge in [0.1, 0.15) is 5.75 Å². The van der Waals surface area contributed by atoms with E-state index in [1.54, 1.807) is 30.3 Å². The van der Waals surface area contributed by atoms with E-state index in [9.17, 15) is 8.42 Å². The molecule has 0 aliphatic heterocycles. The number of hydrogen-bond donors (Lipinski definition) is 1. The van der Waals surface area contributed by atoms with Crippen molar-refractivity contribution in [2.75, 3.05) is 25.0 Å². The molecule has 0 spiro atoms. The second kappa shape index (κ2) is 7.92. The van der Waals surface area contributed by atoms with Gasteiger partial charge in [-0.2, -0.15) is 0 Å². The summed E-state index contributed by atoms with van der Waals surface area (Å²) in [6.45, 7) is 4.55. The Bertz CT molecular complexity index is 789. The third-order valence-electron chi connectivity index (χ3n) is 3.15. The molecule has 0 aliphatic carbocycles. The van der Waals surface area contributed by atoms with Gasteiger partial charge in [-0.25, -0.2) is 8.42 Å². The van der Waals surface area contributed by atoms with E-state index < -0.39 is 10.0 Å². The van der Waals surface area contributed by atoms with Crippen LogP contribution in [-0.4, -0.2) is 28.7 Å². The van der Waals surface area contributed by atoms with Gasteiger partial charge in [0.2, 0.25) is 0 Å². The lowest BCUT2D eigenvalue weighted by Gasteiger charge is -2.14. The first-order valence-corrected chi connectivity index (χ1v) is 9.05. The van der Waals surface area contributed by atoms with E-state index in [2.05, 4.69) is 4.72 Å². The van der Waals surface area contributed by atoms with Crippen LogP contribution in [0.1, 0.15) is 13.8 Å². The minimum atomic E-state index is -3.75. The van der Waals surface area contributed by atoms with Crippen molar-refractivity contribution in [3.05, 3.63) is 42.5 Å². The molecule has 0 saturated carbocycles. The molecule has 0 unspecified atom stereocenters. The lowest BCUT2D eigenvalue weighted by molar-refractivity contribution is 0.287. The quantitative estimate of drug-likeness (QED) is 0.790. The molecule has 2 rings (SSSR count). The Kier molecular flexibility index (Phi) is 5.92. The van der Waals surface area contributed by atoms with E-state index >= 15 is 0 Å². The molecule has 0 heterocycles. The molecule has 7 heteroatoms. The number of nitrogens with one attached hydrogen (secondary N) is 1. The third-order valence-corrected chi connectivity index (χ3v) is 4.53. The molecule has 0 amide bonds. The summed E-state index contributed by atoms with van der Waals surface area (Å²) in [5.74, 6) is 1.48. The summed E-state index contributed by atoms with van der Waals surface area (Å²) in [6, 6.07) is 11.2. The van der Waals surface area contributed by atoms with Gasteiger partial charge in [-0.15, -0.1) is 0 Å². The van der Waals surface area contributed by atoms with Crippen molar-refractivity contribution in [3.63, 3.8) is 0 Å². The van der Waals surface area contributed by atoms with Crippen LogP contribution >= 0.6 is 0 Å². The molecule has 6 nitrogen and oxygen atoms in total. The summed E-state index contributed by atoms with van der Waals surface area (Å²) in [7, 11) is -2.23. The maximum atomic E-state index is 12.6. The summed E-state index contributed by atoms with van der Waals surface area (Å²) in [5.41, 5.74) is 0.418. The second-order valence-corrected chi connectivity index (χ2v) is 6.49. The van der Waals surface area contributed by atoms with Crippen molar-refractivity contribution in [3.8, 4) is 17.2 Å². The fourth-order valence-electron chi connectivity index (χ4n) is 2.10. The van der Waals surface area contributed by atoms with Crippen molar-refractivity contribution in [1.82, 2.24) is 0 Å². The van der Waals surface area contributed by atoms with Gasteiger partial charge >= 0.3 is 0 Å². The Morgan fingerprint density at radius 3 is 2.33 bits per heavy atom. The van der Waals surface area contributed by atoms with Crippen molar-refractivity contribution in [2.24, 2.45) is 0 Å². The minimum Gasteiger partial charge on any atom is -0.497 e. The maximum Gasteiger partial charge on any atom is 0.262 e. The zero-order chi connectivity index (χ0) is 17.6. The Balaban J connectivity index is 2.32. The van der Waals surface area contributed by atoms with E-state index in [1.807, 2.05) is 13.8 Å². The molecular formula is C17H21NO5S. The number of sulfonamides is 1.